The van der Waals surface area contributed by atoms with Crippen LogP contribution in [-0.4, -0.2) is 323 Å². The van der Waals surface area contributed by atoms with E-state index >= 15 is 0 Å². The molecule has 46 nitrogen and oxygen atoms in total. The van der Waals surface area contributed by atoms with Crippen LogP contribution >= 0.6 is 37.0 Å². The fraction of sp³-hybridized carbons (Fsp3) is 0.529. The Morgan fingerprint density at radius 1 is 0.478 bits per heavy atom. The molecule has 0 bridgehead atoms. The van der Waals surface area contributed by atoms with Gasteiger partial charge in [-0.15, -0.1) is 0 Å². The normalized spacial score (nSPS) is 16.4. The van der Waals surface area contributed by atoms with Gasteiger partial charge >= 0.3 is 17.9 Å². The first-order chi connectivity index (χ1) is 63.3. The molecule has 4 aromatic rings. The van der Waals surface area contributed by atoms with E-state index < -0.39 is 277 Å². The molecule has 0 saturated carbocycles. The number of aromatic hydroxyl groups is 1. The van der Waals surface area contributed by atoms with Crippen molar-refractivity contribution >= 4 is 166 Å². The molecule has 134 heavy (non-hydrogen) atoms. The SMILES string of the molecule is CC[C@H](C)[C@H](NC(=O)[C@@H](NC(=O)[C@H](C)NC(=O)CNC(=O)[C@H](CCSC)NC(=O)[C@@H]1CCCN1C(=O)[C@H](CC(=O)O)NC(=O)[C@H](Cc1ccccc1)NC(=O)[C@H](C)NC(=O)[C@H](CS)NC(=O)[C@H](C)NC(=O)[C@H](CO)NC(=O)[C@@H](N)CO)C(C)C)C(=O)N[C@@H](Cc1c[nH]c2ccccc12)C(=O)N[C@@H](CS)C(=O)N[C@H](C(=O)N[C@@H](Cc1ccc(O)cc1)C(=O)N[C@@H](CC(=O)O)C(=O)O)[C@@H](C)O. The summed E-state index contributed by atoms with van der Waals surface area (Å²) < 4.78 is 0. The maximum Gasteiger partial charge on any atom is 0.326 e. The van der Waals surface area contributed by atoms with Crippen LogP contribution in [0.3, 0.4) is 0 Å². The van der Waals surface area contributed by atoms with Crippen LogP contribution in [0.25, 0.3) is 10.9 Å². The van der Waals surface area contributed by atoms with E-state index in [9.17, 15) is 127 Å². The molecule has 26 N–H and O–H groups in total. The second-order valence-corrected chi connectivity index (χ2v) is 34.0. The number of aromatic nitrogens is 1. The Balaban J connectivity index is 1.24. The summed E-state index contributed by atoms with van der Waals surface area (Å²) in [6.07, 6.45) is -1.10. The minimum absolute atomic E-state index is 0.0120. The molecule has 0 radical (unpaired) electrons. The van der Waals surface area contributed by atoms with Gasteiger partial charge in [-0.3, -0.25) is 91.1 Å². The van der Waals surface area contributed by atoms with Crippen LogP contribution in [0.4, 0.5) is 0 Å². The lowest BCUT2D eigenvalue weighted by Crippen LogP contribution is -2.63. The number of phenolic OH excluding ortho intramolecular Hbond substituents is 1. The van der Waals surface area contributed by atoms with Crippen molar-refractivity contribution < 1.29 is 132 Å². The predicted molar refractivity (Wildman–Crippen MR) is 489 cm³/mol. The highest BCUT2D eigenvalue weighted by molar-refractivity contribution is 7.98. The van der Waals surface area contributed by atoms with Gasteiger partial charge in [0, 0.05) is 54.4 Å². The minimum Gasteiger partial charge on any atom is -0.508 e. The maximum absolute atomic E-state index is 14.8. The second-order valence-electron chi connectivity index (χ2n) is 32.3. The van der Waals surface area contributed by atoms with Crippen molar-refractivity contribution in [2.45, 2.75) is 222 Å². The van der Waals surface area contributed by atoms with Gasteiger partial charge < -0.3 is 136 Å². The highest BCUT2D eigenvalue weighted by Crippen LogP contribution is 2.24. The number of carbonyl (C=O) groups excluding carboxylic acids is 17. The fourth-order valence-electron chi connectivity index (χ4n) is 13.6. The molecule has 1 aliphatic heterocycles. The number of benzene rings is 3. The number of likely N-dealkylation sites (tertiary alicyclic amines) is 1. The summed E-state index contributed by atoms with van der Waals surface area (Å²) in [5.74, 6) is -24.0. The fourth-order valence-corrected chi connectivity index (χ4v) is 14.6. The van der Waals surface area contributed by atoms with Crippen LogP contribution in [0.2, 0.25) is 0 Å². The van der Waals surface area contributed by atoms with Crippen molar-refractivity contribution in [3.05, 3.63) is 102 Å². The van der Waals surface area contributed by atoms with Gasteiger partial charge in [0.25, 0.3) is 0 Å². The summed E-state index contributed by atoms with van der Waals surface area (Å²) in [4.78, 5) is 276. The molecule has 0 unspecified atom stereocenters. The van der Waals surface area contributed by atoms with Crippen LogP contribution < -0.4 is 90.8 Å². The smallest absolute Gasteiger partial charge is 0.326 e. The molecule has 1 aromatic heterocycles. The third kappa shape index (κ3) is 35.0. The third-order valence-corrected chi connectivity index (χ3v) is 22.9. The van der Waals surface area contributed by atoms with Gasteiger partial charge in [0.05, 0.1) is 38.7 Å². The highest BCUT2D eigenvalue weighted by atomic mass is 32.2. The number of phenols is 1. The van der Waals surface area contributed by atoms with Crippen LogP contribution in [0.1, 0.15) is 111 Å². The van der Waals surface area contributed by atoms with Gasteiger partial charge in [-0.05, 0) is 106 Å². The Bertz CT molecular complexity index is 4800. The summed E-state index contributed by atoms with van der Waals surface area (Å²) in [5, 5.41) is 108. The Kier molecular flexibility index (Phi) is 46.0. The van der Waals surface area contributed by atoms with Crippen LogP contribution in [0, 0.1) is 11.8 Å². The zero-order chi connectivity index (χ0) is 100. The van der Waals surface area contributed by atoms with E-state index in [0.717, 1.165) is 11.8 Å². The number of aliphatic hydroxyl groups is 3. The largest absolute Gasteiger partial charge is 0.508 e. The van der Waals surface area contributed by atoms with Crippen molar-refractivity contribution in [3.63, 3.8) is 0 Å². The van der Waals surface area contributed by atoms with Crippen LogP contribution in [0.15, 0.2) is 85.1 Å². The van der Waals surface area contributed by atoms with Crippen molar-refractivity contribution in [1.82, 2.24) is 95.0 Å². The molecule has 5 rings (SSSR count). The van der Waals surface area contributed by atoms with E-state index in [4.69, 9.17) is 10.8 Å². The Morgan fingerprint density at radius 3 is 1.46 bits per heavy atom. The average Bonchev–Trinajstić information content (AvgIpc) is 1.55. The van der Waals surface area contributed by atoms with E-state index in [1.807, 2.05) is 0 Å². The molecule has 0 spiro atoms. The quantitative estimate of drug-likeness (QED) is 0.0183. The number of thiol groups is 2. The number of nitrogens with zero attached hydrogens (tertiary/aromatic N) is 1. The number of rotatable bonds is 55. The van der Waals surface area contributed by atoms with Crippen molar-refractivity contribution in [3.8, 4) is 5.75 Å². The lowest BCUT2D eigenvalue weighted by Gasteiger charge is -2.30. The summed E-state index contributed by atoms with van der Waals surface area (Å²) in [6, 6.07) is -6.34. The van der Waals surface area contributed by atoms with E-state index in [1.54, 1.807) is 94.7 Å². The summed E-state index contributed by atoms with van der Waals surface area (Å²) in [6.45, 7) is 8.63. The average molecular weight is 1940 g/mol. The van der Waals surface area contributed by atoms with E-state index in [2.05, 4.69) is 115 Å². The van der Waals surface area contributed by atoms with Gasteiger partial charge in [0.15, 0.2) is 0 Å². The van der Waals surface area contributed by atoms with Crippen molar-refractivity contribution in [2.75, 3.05) is 49.8 Å². The van der Waals surface area contributed by atoms with E-state index in [0.29, 0.717) is 27.6 Å². The number of carbonyl (C=O) groups is 20. The number of aromatic amines is 1. The first-order valence-corrected chi connectivity index (χ1v) is 45.5. The molecule has 3 aromatic carbocycles. The van der Waals surface area contributed by atoms with Gasteiger partial charge in [0.2, 0.25) is 100 Å². The zero-order valence-corrected chi connectivity index (χ0v) is 77.7. The zero-order valence-electron chi connectivity index (χ0n) is 75.1. The molecule has 736 valence electrons. The molecule has 19 atom stereocenters. The Morgan fingerprint density at radius 2 is 0.925 bits per heavy atom. The van der Waals surface area contributed by atoms with Crippen molar-refractivity contribution in [2.24, 2.45) is 17.6 Å². The van der Waals surface area contributed by atoms with Gasteiger partial charge in [-0.2, -0.15) is 37.0 Å². The molecule has 49 heteroatoms. The lowest BCUT2D eigenvalue weighted by molar-refractivity contribution is -0.147. The standard InChI is InChI=1S/C85H121N19O27S3/c1-10-41(4)67(82(127)95-56(31-48-34-87-52-20-15-14-19-50(48)52)76(121)100-61(39-133)79(124)103-68(45(8)107)83(128)94-55(30-47-22-24-49(108)25-23-47)75(120)97-58(85(130)131)33-65(112)113)102-81(126)66(40(2)3)101-71(116)42(5)89-63(109)35-88-73(118)53(26-28-134-9)92-80(125)62-21-16-27-104(62)84(129)57(32-64(110)111)96-74(119)54(29-46-17-12-11-13-18-46)93-69(114)43(6)91-78(123)60(38-132)99-70(115)44(7)90-77(122)59(37-106)98-72(117)51(86)36-105/h11-15,17-20,22-25,34,40-45,51,53-62,66-68,87,105-108,132-133H,10,16,21,26-33,35-39,86H2,1-9H3,(H,88,118)(H,89,109)(H,90,122)(H,91,123)(H,92,125)(H,93,114)(H,94,128)(H,95,127)(H,96,119)(H,97,120)(H,98,117)(H,99,115)(H,100,121)(H,101,116)(H,102,126)(H,103,124)(H,110,111)(H,112,113)(H,130,131)/t41-,42-,43-,44-,45+,51-,53-,54-,55-,56-,57-,58-,59-,60-,61-,62-,66-,67-,68-/m0/s1. The lowest BCUT2D eigenvalue weighted by atomic mass is 9.95. The van der Waals surface area contributed by atoms with Gasteiger partial charge in [-0.25, -0.2) is 4.79 Å². The first-order valence-electron chi connectivity index (χ1n) is 42.8. The van der Waals surface area contributed by atoms with E-state index in [-0.39, 0.29) is 68.7 Å². The van der Waals surface area contributed by atoms with Crippen LogP contribution in [-0.2, 0) is 115 Å². The minimum atomic E-state index is -1.97. The molecular formula is C85H121N19O27S3. The number of carboxylic acids is 3. The number of thioether (sulfide) groups is 1. The molecule has 0 aliphatic carbocycles. The number of hydrogen-bond acceptors (Lipinski definition) is 28. The number of nitrogens with one attached hydrogen (secondary N) is 17. The summed E-state index contributed by atoms with van der Waals surface area (Å²) in [7, 11) is 0. The number of nitrogens with two attached hydrogens (primary N) is 1. The number of carboxylic acid groups (broad SMARTS) is 3. The molecule has 1 fully saturated rings. The van der Waals surface area contributed by atoms with Gasteiger partial charge in [0.1, 0.15) is 108 Å². The molecule has 1 saturated heterocycles. The number of amides is 17. The highest BCUT2D eigenvalue weighted by Gasteiger charge is 2.43. The molecule has 1 aliphatic rings. The predicted octanol–water partition coefficient (Wildman–Crippen LogP) is -6.62. The molecule has 17 amide bonds. The number of para-hydroxylation sites is 1. The van der Waals surface area contributed by atoms with E-state index in [1.165, 1.54) is 56.8 Å². The number of H-pyrrole nitrogens is 1. The maximum atomic E-state index is 14.8. The topological polar surface area (TPSA) is 721 Å². The number of hydrogen-bond donors (Lipinski definition) is 27. The second kappa shape index (κ2) is 55.1. The third-order valence-electron chi connectivity index (χ3n) is 21.5. The monoisotopic (exact) mass is 1940 g/mol. The Labute approximate surface area is 785 Å². The van der Waals surface area contributed by atoms with Crippen LogP contribution in [0.5, 0.6) is 5.75 Å². The van der Waals surface area contributed by atoms with Gasteiger partial charge in [-0.1, -0.05) is 94.8 Å². The number of fused-ring (bicyclic) bond motifs is 1. The Hall–Kier alpha value is -12.7. The molecular weight excluding hydrogens is 1820 g/mol. The molecule has 2 heterocycles. The van der Waals surface area contributed by atoms with Crippen molar-refractivity contribution in [1.29, 1.82) is 0 Å². The summed E-state index contributed by atoms with van der Waals surface area (Å²) >= 11 is 9.72. The summed E-state index contributed by atoms with van der Waals surface area (Å²) in [5.41, 5.74) is 7.36. The number of aliphatic hydroxyl groups excluding tert-OH is 3. The number of aliphatic carboxylic acids is 3. The first kappa shape index (κ1) is 112.